The third-order valence-electron chi connectivity index (χ3n) is 4.09. The molecule has 2 aliphatic rings. The molecule has 0 aromatic rings. The third-order valence-corrected chi connectivity index (χ3v) is 4.09. The van der Waals surface area contributed by atoms with Crippen LogP contribution in [0.4, 0.5) is 0 Å². The summed E-state index contributed by atoms with van der Waals surface area (Å²) in [5.74, 6) is -0.0123. The van der Waals surface area contributed by atoms with Crippen molar-refractivity contribution in [2.45, 2.75) is 63.8 Å². The molecule has 5 nitrogen and oxygen atoms in total. The van der Waals surface area contributed by atoms with Gasteiger partial charge in [0.15, 0.2) is 0 Å². The number of hydrogen-bond acceptors (Lipinski definition) is 3. The molecule has 2 fully saturated rings. The number of carbonyl (C=O) groups is 2. The van der Waals surface area contributed by atoms with Crippen molar-refractivity contribution in [2.75, 3.05) is 7.11 Å². The van der Waals surface area contributed by atoms with Crippen LogP contribution in [0.2, 0.25) is 0 Å². The lowest BCUT2D eigenvalue weighted by Gasteiger charge is -2.42. The van der Waals surface area contributed by atoms with E-state index in [0.29, 0.717) is 6.42 Å². The molecule has 0 aromatic carbocycles. The second-order valence-electron chi connectivity index (χ2n) is 5.17. The molecule has 1 aliphatic carbocycles. The van der Waals surface area contributed by atoms with E-state index >= 15 is 0 Å². The van der Waals surface area contributed by atoms with Gasteiger partial charge >= 0.3 is 0 Å². The van der Waals surface area contributed by atoms with Gasteiger partial charge in [-0.2, -0.15) is 0 Å². The fraction of sp³-hybridized carbons (Fsp3) is 0.846. The number of carbonyl (C=O) groups excluding carboxylic acids is 2. The van der Waals surface area contributed by atoms with Crippen molar-refractivity contribution in [2.24, 2.45) is 0 Å². The Balaban J connectivity index is 2.25. The zero-order valence-corrected chi connectivity index (χ0v) is 11.3. The summed E-state index contributed by atoms with van der Waals surface area (Å²) in [5.41, 5.74) is 0. The number of amides is 2. The van der Waals surface area contributed by atoms with Crippen molar-refractivity contribution in [1.29, 1.82) is 0 Å². The van der Waals surface area contributed by atoms with Crippen LogP contribution in [0.25, 0.3) is 0 Å². The summed E-state index contributed by atoms with van der Waals surface area (Å²) in [5, 5.41) is 2.75. The van der Waals surface area contributed by atoms with E-state index in [1.165, 1.54) is 0 Å². The normalized spacial score (nSPS) is 36.9. The minimum absolute atomic E-state index is 0.0235. The smallest absolute Gasteiger partial charge is 0.245 e. The molecule has 5 heteroatoms. The molecule has 2 amide bonds. The summed E-state index contributed by atoms with van der Waals surface area (Å²) in [6.45, 7) is 3.69. The topological polar surface area (TPSA) is 58.6 Å². The third kappa shape index (κ3) is 2.11. The number of piperazine rings is 1. The lowest BCUT2D eigenvalue weighted by Crippen LogP contribution is -2.65. The molecule has 1 saturated carbocycles. The molecular weight excluding hydrogens is 232 g/mol. The monoisotopic (exact) mass is 254 g/mol. The van der Waals surface area contributed by atoms with Crippen molar-refractivity contribution < 1.29 is 14.3 Å². The van der Waals surface area contributed by atoms with Crippen molar-refractivity contribution in [3.63, 3.8) is 0 Å². The van der Waals surface area contributed by atoms with Crippen LogP contribution in [0.1, 0.15) is 39.5 Å². The molecule has 2 rings (SSSR count). The SMILES string of the molecule is CCC1C(=O)NC(C)C(=O)N1C1CCCC1OC. The maximum atomic E-state index is 12.3. The van der Waals surface area contributed by atoms with E-state index < -0.39 is 6.04 Å². The van der Waals surface area contributed by atoms with Crippen LogP contribution < -0.4 is 5.32 Å². The highest BCUT2D eigenvalue weighted by atomic mass is 16.5. The van der Waals surface area contributed by atoms with Crippen molar-refractivity contribution >= 4 is 11.8 Å². The Bertz CT molecular complexity index is 345. The van der Waals surface area contributed by atoms with E-state index in [4.69, 9.17) is 4.74 Å². The van der Waals surface area contributed by atoms with Gasteiger partial charge in [0, 0.05) is 7.11 Å². The predicted octanol–water partition coefficient (Wildman–Crippen LogP) is 0.679. The van der Waals surface area contributed by atoms with Gasteiger partial charge in [0.25, 0.3) is 0 Å². The first-order chi connectivity index (χ1) is 8.60. The molecule has 0 bridgehead atoms. The molecule has 1 heterocycles. The maximum Gasteiger partial charge on any atom is 0.245 e. The van der Waals surface area contributed by atoms with E-state index in [1.807, 2.05) is 6.92 Å². The number of hydrogen-bond donors (Lipinski definition) is 1. The second kappa shape index (κ2) is 5.26. The highest BCUT2D eigenvalue weighted by Gasteiger charge is 2.45. The van der Waals surface area contributed by atoms with Gasteiger partial charge in [0.2, 0.25) is 11.8 Å². The standard InChI is InChI=1S/C13H22N2O3/c1-4-9-12(16)14-8(2)13(17)15(9)10-6-5-7-11(10)18-3/h8-11H,4-7H2,1-3H3,(H,14,16). The molecule has 4 atom stereocenters. The Morgan fingerprint density at radius 3 is 2.72 bits per heavy atom. The van der Waals surface area contributed by atoms with E-state index in [-0.39, 0.29) is 30.0 Å². The van der Waals surface area contributed by atoms with Gasteiger partial charge in [0.05, 0.1) is 12.1 Å². The van der Waals surface area contributed by atoms with Crippen LogP contribution in [0, 0.1) is 0 Å². The van der Waals surface area contributed by atoms with Crippen LogP contribution in [-0.2, 0) is 14.3 Å². The lowest BCUT2D eigenvalue weighted by molar-refractivity contribution is -0.154. The average Bonchev–Trinajstić information content (AvgIpc) is 2.81. The van der Waals surface area contributed by atoms with Crippen LogP contribution in [0.3, 0.4) is 0 Å². The molecule has 0 aromatic heterocycles. The first kappa shape index (κ1) is 13.3. The number of ether oxygens (including phenoxy) is 1. The Morgan fingerprint density at radius 1 is 1.39 bits per heavy atom. The first-order valence-corrected chi connectivity index (χ1v) is 6.75. The summed E-state index contributed by atoms with van der Waals surface area (Å²) < 4.78 is 5.46. The van der Waals surface area contributed by atoms with Gasteiger partial charge in [-0.3, -0.25) is 9.59 Å². The van der Waals surface area contributed by atoms with Crippen LogP contribution >= 0.6 is 0 Å². The summed E-state index contributed by atoms with van der Waals surface area (Å²) in [7, 11) is 1.68. The van der Waals surface area contributed by atoms with Crippen molar-refractivity contribution in [3.05, 3.63) is 0 Å². The lowest BCUT2D eigenvalue weighted by atomic mass is 10.0. The number of rotatable bonds is 3. The summed E-state index contributed by atoms with van der Waals surface area (Å²) in [4.78, 5) is 26.1. The second-order valence-corrected chi connectivity index (χ2v) is 5.17. The Morgan fingerprint density at radius 2 is 2.11 bits per heavy atom. The van der Waals surface area contributed by atoms with E-state index in [1.54, 1.807) is 18.9 Å². The van der Waals surface area contributed by atoms with Crippen LogP contribution in [0.5, 0.6) is 0 Å². The Labute approximate surface area is 108 Å². The molecule has 18 heavy (non-hydrogen) atoms. The quantitative estimate of drug-likeness (QED) is 0.805. The molecule has 1 saturated heterocycles. The minimum atomic E-state index is -0.418. The highest BCUT2D eigenvalue weighted by molar-refractivity contribution is 5.96. The first-order valence-electron chi connectivity index (χ1n) is 6.75. The van der Waals surface area contributed by atoms with Gasteiger partial charge in [-0.25, -0.2) is 0 Å². The van der Waals surface area contributed by atoms with Crippen molar-refractivity contribution in [1.82, 2.24) is 10.2 Å². The van der Waals surface area contributed by atoms with Gasteiger partial charge < -0.3 is 15.0 Å². The molecule has 0 spiro atoms. The van der Waals surface area contributed by atoms with Crippen LogP contribution in [-0.4, -0.2) is 48.1 Å². The molecule has 4 unspecified atom stereocenters. The van der Waals surface area contributed by atoms with Gasteiger partial charge in [-0.15, -0.1) is 0 Å². The van der Waals surface area contributed by atoms with E-state index in [2.05, 4.69) is 5.32 Å². The van der Waals surface area contributed by atoms with Gasteiger partial charge in [-0.05, 0) is 32.6 Å². The van der Waals surface area contributed by atoms with Crippen LogP contribution in [0.15, 0.2) is 0 Å². The summed E-state index contributed by atoms with van der Waals surface area (Å²) >= 11 is 0. The summed E-state index contributed by atoms with van der Waals surface area (Å²) in [6, 6.07) is -0.700. The Kier molecular flexibility index (Phi) is 3.90. The minimum Gasteiger partial charge on any atom is -0.379 e. The molecule has 102 valence electrons. The number of methoxy groups -OCH3 is 1. The molecule has 1 aliphatic heterocycles. The van der Waals surface area contributed by atoms with Crippen molar-refractivity contribution in [3.8, 4) is 0 Å². The van der Waals surface area contributed by atoms with E-state index in [0.717, 1.165) is 19.3 Å². The summed E-state index contributed by atoms with van der Waals surface area (Å²) in [6.07, 6.45) is 3.68. The van der Waals surface area contributed by atoms with E-state index in [9.17, 15) is 9.59 Å². The molecular formula is C13H22N2O3. The maximum absolute atomic E-state index is 12.3. The Hall–Kier alpha value is -1.10. The number of nitrogens with one attached hydrogen (secondary N) is 1. The van der Waals surface area contributed by atoms with Gasteiger partial charge in [0.1, 0.15) is 12.1 Å². The largest absolute Gasteiger partial charge is 0.379 e. The zero-order valence-electron chi connectivity index (χ0n) is 11.3. The zero-order chi connectivity index (χ0) is 13.3. The molecule has 1 N–H and O–H groups in total. The number of nitrogens with zero attached hydrogens (tertiary/aromatic N) is 1. The fourth-order valence-electron chi connectivity index (χ4n) is 3.15. The molecule has 0 radical (unpaired) electrons. The fourth-order valence-corrected chi connectivity index (χ4v) is 3.15. The predicted molar refractivity (Wildman–Crippen MR) is 67.0 cm³/mol. The average molecular weight is 254 g/mol. The van der Waals surface area contributed by atoms with Gasteiger partial charge in [-0.1, -0.05) is 6.92 Å². The highest BCUT2D eigenvalue weighted by Crippen LogP contribution is 2.30.